The van der Waals surface area contributed by atoms with Crippen molar-refractivity contribution in [3.8, 4) is 0 Å². The molecule has 14 heteroatoms. The summed E-state index contributed by atoms with van der Waals surface area (Å²) in [7, 11) is -2.08. The van der Waals surface area contributed by atoms with Crippen molar-refractivity contribution in [1.29, 1.82) is 0 Å². The summed E-state index contributed by atoms with van der Waals surface area (Å²) in [6, 6.07) is 2.21. The number of nitrogens with zero attached hydrogens (tertiary/aromatic N) is 7. The Hall–Kier alpha value is -2.17. The number of nitrogen functional groups attached to an aromatic ring is 1. The Balaban J connectivity index is 0.000000567. The highest BCUT2D eigenvalue weighted by Gasteiger charge is 2.14. The summed E-state index contributed by atoms with van der Waals surface area (Å²) in [6.45, 7) is 15.7. The molecule has 0 saturated heterocycles. The van der Waals surface area contributed by atoms with Gasteiger partial charge in [0.2, 0.25) is 0 Å². The zero-order chi connectivity index (χ0) is 22.8. The maximum absolute atomic E-state index is 10.3. The standard InChI is InChI=1S/C8H16N4O3Si.C8H18N4OSi.CH4/c1-16(2,3)5-4-15-7-11-9-6-8(10-11)12(13)14;1-14(2,3)5-4-13-7-12-10-6-8(9)11-12;/h6H,4-5,7H2,1-3H3;6H,4-5,7H2,1-3H3,(H2,9,11);1H4. The van der Waals surface area contributed by atoms with Gasteiger partial charge in [-0.2, -0.15) is 9.90 Å². The van der Waals surface area contributed by atoms with E-state index in [1.165, 1.54) is 15.8 Å². The third-order valence-corrected chi connectivity index (χ3v) is 7.08. The van der Waals surface area contributed by atoms with Crippen molar-refractivity contribution in [3.05, 3.63) is 22.5 Å². The zero-order valence-corrected chi connectivity index (χ0v) is 20.7. The SMILES string of the molecule is C.C[Si](C)(C)CCOCn1ncc(N)n1.C[Si](C)(C)CCOCn1ncc([N+](=O)[O-])n1. The number of aromatic nitrogens is 6. The lowest BCUT2D eigenvalue weighted by atomic mass is 10.8. The van der Waals surface area contributed by atoms with Crippen LogP contribution in [0.15, 0.2) is 12.4 Å². The van der Waals surface area contributed by atoms with Gasteiger partial charge < -0.3 is 25.3 Å². The molecule has 0 unspecified atom stereocenters. The summed E-state index contributed by atoms with van der Waals surface area (Å²) >= 11 is 0. The van der Waals surface area contributed by atoms with Crippen LogP contribution >= 0.6 is 0 Å². The maximum Gasteiger partial charge on any atom is 0.410 e. The van der Waals surface area contributed by atoms with E-state index in [-0.39, 0.29) is 20.0 Å². The van der Waals surface area contributed by atoms with Crippen molar-refractivity contribution in [2.75, 3.05) is 18.9 Å². The summed E-state index contributed by atoms with van der Waals surface area (Å²) in [5.41, 5.74) is 5.41. The van der Waals surface area contributed by atoms with Gasteiger partial charge in [0, 0.05) is 29.4 Å². The Labute approximate surface area is 186 Å². The molecule has 0 fully saturated rings. The van der Waals surface area contributed by atoms with Crippen LogP contribution in [-0.2, 0) is 22.9 Å². The van der Waals surface area contributed by atoms with Gasteiger partial charge in [-0.1, -0.05) is 51.5 Å². The summed E-state index contributed by atoms with van der Waals surface area (Å²) < 4.78 is 10.8. The molecule has 0 bridgehead atoms. The van der Waals surface area contributed by atoms with Crippen molar-refractivity contribution in [3.63, 3.8) is 0 Å². The molecular weight excluding hydrogens is 436 g/mol. The topological polar surface area (TPSA) is 149 Å². The monoisotopic (exact) mass is 474 g/mol. The quantitative estimate of drug-likeness (QED) is 0.224. The number of rotatable bonds is 11. The van der Waals surface area contributed by atoms with Crippen LogP contribution in [0.5, 0.6) is 0 Å². The van der Waals surface area contributed by atoms with Gasteiger partial charge in [-0.05, 0) is 17.0 Å². The van der Waals surface area contributed by atoms with Crippen LogP contribution in [-0.4, -0.2) is 64.3 Å². The van der Waals surface area contributed by atoms with Crippen molar-refractivity contribution < 1.29 is 14.4 Å². The maximum atomic E-state index is 10.3. The van der Waals surface area contributed by atoms with Gasteiger partial charge >= 0.3 is 5.82 Å². The lowest BCUT2D eigenvalue weighted by molar-refractivity contribution is -0.390. The lowest BCUT2D eigenvalue weighted by Crippen LogP contribution is -2.22. The predicted molar refractivity (Wildman–Crippen MR) is 126 cm³/mol. The molecule has 0 amide bonds. The molecule has 2 aromatic rings. The van der Waals surface area contributed by atoms with Gasteiger partial charge in [-0.15, -0.1) is 10.2 Å². The molecule has 2 aromatic heterocycles. The second kappa shape index (κ2) is 13.3. The number of hydrogen-bond acceptors (Lipinski definition) is 9. The van der Waals surface area contributed by atoms with E-state index in [9.17, 15) is 10.1 Å². The molecule has 0 aromatic carbocycles. The Kier molecular flexibility index (Phi) is 12.4. The van der Waals surface area contributed by atoms with Crippen LogP contribution < -0.4 is 5.73 Å². The predicted octanol–water partition coefficient (Wildman–Crippen LogP) is 3.31. The van der Waals surface area contributed by atoms with E-state index in [1.807, 2.05) is 0 Å². The highest BCUT2D eigenvalue weighted by molar-refractivity contribution is 6.76. The van der Waals surface area contributed by atoms with Gasteiger partial charge in [0.05, 0.1) is 11.3 Å². The minimum Gasteiger partial charge on any atom is -0.381 e. The number of ether oxygens (including phenoxy) is 2. The first kappa shape index (κ1) is 28.8. The van der Waals surface area contributed by atoms with E-state index in [2.05, 4.69) is 59.7 Å². The van der Waals surface area contributed by atoms with Crippen LogP contribution in [0.4, 0.5) is 11.6 Å². The third-order valence-electron chi connectivity index (χ3n) is 3.67. The fourth-order valence-electron chi connectivity index (χ4n) is 1.86. The average Bonchev–Trinajstić information content (AvgIpc) is 3.24. The van der Waals surface area contributed by atoms with E-state index in [4.69, 9.17) is 15.2 Å². The second-order valence-electron chi connectivity index (χ2n) is 9.17. The first-order valence-electron chi connectivity index (χ1n) is 9.71. The molecule has 12 nitrogen and oxygen atoms in total. The van der Waals surface area contributed by atoms with E-state index < -0.39 is 21.1 Å². The lowest BCUT2D eigenvalue weighted by Gasteiger charge is -2.14. The fourth-order valence-corrected chi connectivity index (χ4v) is 3.37. The summed E-state index contributed by atoms with van der Waals surface area (Å²) in [4.78, 5) is 12.4. The Morgan fingerprint density at radius 2 is 1.39 bits per heavy atom. The molecule has 0 aliphatic rings. The van der Waals surface area contributed by atoms with E-state index in [0.29, 0.717) is 19.2 Å². The summed E-state index contributed by atoms with van der Waals surface area (Å²) in [5.74, 6) is 0.174. The van der Waals surface area contributed by atoms with Crippen LogP contribution in [0.25, 0.3) is 0 Å². The normalized spacial score (nSPS) is 11.4. The Bertz CT molecular complexity index is 771. The Morgan fingerprint density at radius 1 is 0.935 bits per heavy atom. The molecule has 178 valence electrons. The zero-order valence-electron chi connectivity index (χ0n) is 18.7. The molecule has 2 heterocycles. The first-order chi connectivity index (χ1) is 13.9. The van der Waals surface area contributed by atoms with Crippen LogP contribution in [0.1, 0.15) is 7.43 Å². The van der Waals surface area contributed by atoms with E-state index >= 15 is 0 Å². The number of nitro groups is 1. The molecule has 0 aliphatic heterocycles. The van der Waals surface area contributed by atoms with Crippen molar-refractivity contribution >= 4 is 27.8 Å². The third kappa shape index (κ3) is 14.5. The number of hydrogen-bond donors (Lipinski definition) is 1. The highest BCUT2D eigenvalue weighted by Crippen LogP contribution is 2.08. The largest absolute Gasteiger partial charge is 0.410 e. The van der Waals surface area contributed by atoms with Crippen LogP contribution in [0, 0.1) is 10.1 Å². The van der Waals surface area contributed by atoms with Gasteiger partial charge in [-0.25, -0.2) is 0 Å². The molecule has 0 atom stereocenters. The number of nitrogens with two attached hydrogens (primary N) is 1. The molecule has 31 heavy (non-hydrogen) atoms. The minimum absolute atomic E-state index is 0. The smallest absolute Gasteiger partial charge is 0.381 e. The van der Waals surface area contributed by atoms with E-state index in [1.54, 1.807) is 0 Å². The highest BCUT2D eigenvalue weighted by atomic mass is 28.3. The average molecular weight is 475 g/mol. The summed E-state index contributed by atoms with van der Waals surface area (Å²) in [6.07, 6.45) is 2.63. The second-order valence-corrected chi connectivity index (χ2v) is 20.4. The molecular formula is C17H38N8O4Si2. The van der Waals surface area contributed by atoms with Gasteiger partial charge in [0.1, 0.15) is 0 Å². The first-order valence-corrected chi connectivity index (χ1v) is 17.1. The molecule has 0 radical (unpaired) electrons. The fraction of sp³-hybridized carbons (Fsp3) is 0.765. The van der Waals surface area contributed by atoms with Crippen molar-refractivity contribution in [2.45, 2.75) is 72.3 Å². The summed E-state index contributed by atoms with van der Waals surface area (Å²) in [5, 5.41) is 25.5. The van der Waals surface area contributed by atoms with Crippen molar-refractivity contribution in [2.24, 2.45) is 0 Å². The van der Waals surface area contributed by atoms with Gasteiger partial charge in [0.15, 0.2) is 25.5 Å². The van der Waals surface area contributed by atoms with Crippen molar-refractivity contribution in [1.82, 2.24) is 30.0 Å². The number of anilines is 1. The van der Waals surface area contributed by atoms with Crippen LogP contribution in [0.3, 0.4) is 0 Å². The molecule has 0 aliphatic carbocycles. The van der Waals surface area contributed by atoms with Crippen LogP contribution in [0.2, 0.25) is 51.4 Å². The van der Waals surface area contributed by atoms with Gasteiger partial charge in [-0.3, -0.25) is 0 Å². The van der Waals surface area contributed by atoms with E-state index in [0.717, 1.165) is 24.9 Å². The van der Waals surface area contributed by atoms with Gasteiger partial charge in [0.25, 0.3) is 0 Å². The molecule has 2 rings (SSSR count). The Morgan fingerprint density at radius 3 is 1.74 bits per heavy atom. The molecule has 0 saturated carbocycles. The minimum atomic E-state index is -1.09. The molecule has 0 spiro atoms. The molecule has 2 N–H and O–H groups in total.